The molecule has 5 nitrogen and oxygen atoms in total. The predicted octanol–water partition coefficient (Wildman–Crippen LogP) is 4.21. The van der Waals surface area contributed by atoms with Crippen molar-refractivity contribution in [3.63, 3.8) is 0 Å². The van der Waals surface area contributed by atoms with Crippen LogP contribution in [0.1, 0.15) is 16.1 Å². The molecule has 4 rings (SSSR count). The Morgan fingerprint density at radius 1 is 1.11 bits per heavy atom. The van der Waals surface area contributed by atoms with E-state index in [1.807, 2.05) is 89.6 Å². The molecule has 0 unspecified atom stereocenters. The molecule has 0 saturated heterocycles. The van der Waals surface area contributed by atoms with Crippen molar-refractivity contribution in [2.75, 3.05) is 7.05 Å². The van der Waals surface area contributed by atoms with Gasteiger partial charge >= 0.3 is 0 Å². The van der Waals surface area contributed by atoms with Crippen LogP contribution in [0.4, 0.5) is 0 Å². The van der Waals surface area contributed by atoms with E-state index in [2.05, 4.69) is 6.07 Å². The van der Waals surface area contributed by atoms with Gasteiger partial charge in [0.1, 0.15) is 11.4 Å². The largest absolute Gasteiger partial charge is 0.347 e. The molecule has 0 N–H and O–H groups in total. The van der Waals surface area contributed by atoms with Gasteiger partial charge in [-0.3, -0.25) is 4.79 Å². The first-order valence-electron chi connectivity index (χ1n) is 8.68. The maximum Gasteiger partial charge on any atom is 0.270 e. The minimum atomic E-state index is -0.00732. The quantitative estimate of drug-likeness (QED) is 0.524. The number of hydrogen-bond acceptors (Lipinski definition) is 3. The third-order valence-electron chi connectivity index (χ3n) is 4.48. The Labute approximate surface area is 162 Å². The maximum atomic E-state index is 12.8. The van der Waals surface area contributed by atoms with Crippen LogP contribution in [0.2, 0.25) is 0 Å². The number of para-hydroxylation sites is 1. The van der Waals surface area contributed by atoms with Crippen LogP contribution in [0, 0.1) is 0 Å². The molecule has 27 heavy (non-hydrogen) atoms. The molecule has 1 amide bonds. The number of aromatic nitrogens is 3. The summed E-state index contributed by atoms with van der Waals surface area (Å²) < 4.78 is 3.72. The molecule has 0 spiro atoms. The van der Waals surface area contributed by atoms with Gasteiger partial charge in [-0.15, -0.1) is 11.3 Å². The van der Waals surface area contributed by atoms with E-state index in [0.717, 1.165) is 21.8 Å². The van der Waals surface area contributed by atoms with E-state index in [1.54, 1.807) is 16.2 Å². The molecule has 136 valence electrons. The Balaban J connectivity index is 1.68. The summed E-state index contributed by atoms with van der Waals surface area (Å²) in [5, 5.41) is 6.84. The van der Waals surface area contributed by atoms with E-state index in [4.69, 9.17) is 5.10 Å². The van der Waals surface area contributed by atoms with Crippen molar-refractivity contribution in [1.82, 2.24) is 19.2 Å². The van der Waals surface area contributed by atoms with Gasteiger partial charge in [0.25, 0.3) is 5.91 Å². The number of carbonyl (C=O) groups is 1. The predicted molar refractivity (Wildman–Crippen MR) is 108 cm³/mol. The summed E-state index contributed by atoms with van der Waals surface area (Å²) >= 11 is 1.65. The standard InChI is InChI=1S/C21H20N4OS/c1-23-12-6-10-18(23)21(26)24(2)14-16-15-25(17-8-4-3-5-9-17)22-20(16)19-11-7-13-27-19/h3-13,15H,14H2,1-2H3. The Morgan fingerprint density at radius 3 is 2.59 bits per heavy atom. The Hall–Kier alpha value is -3.12. The molecule has 3 heterocycles. The van der Waals surface area contributed by atoms with E-state index in [0.29, 0.717) is 12.2 Å². The molecule has 0 aliphatic heterocycles. The molecule has 0 saturated carbocycles. The number of aryl methyl sites for hydroxylation is 1. The highest BCUT2D eigenvalue weighted by molar-refractivity contribution is 7.13. The molecular formula is C21H20N4OS. The summed E-state index contributed by atoms with van der Waals surface area (Å²) in [6, 6.07) is 17.8. The Morgan fingerprint density at radius 2 is 1.93 bits per heavy atom. The monoisotopic (exact) mass is 376 g/mol. The molecule has 0 fully saturated rings. The van der Waals surface area contributed by atoms with Gasteiger partial charge in [-0.05, 0) is 35.7 Å². The van der Waals surface area contributed by atoms with Gasteiger partial charge in [-0.2, -0.15) is 5.10 Å². The lowest BCUT2D eigenvalue weighted by Crippen LogP contribution is -2.27. The summed E-state index contributed by atoms with van der Waals surface area (Å²) in [4.78, 5) is 15.6. The van der Waals surface area contributed by atoms with Crippen molar-refractivity contribution in [3.05, 3.63) is 83.6 Å². The van der Waals surface area contributed by atoms with Crippen LogP contribution in [0.15, 0.2) is 72.4 Å². The second-order valence-electron chi connectivity index (χ2n) is 6.43. The molecule has 1 aromatic carbocycles. The van der Waals surface area contributed by atoms with E-state index in [-0.39, 0.29) is 5.91 Å². The smallest absolute Gasteiger partial charge is 0.270 e. The fourth-order valence-electron chi connectivity index (χ4n) is 3.07. The minimum absolute atomic E-state index is 0.00732. The highest BCUT2D eigenvalue weighted by atomic mass is 32.1. The van der Waals surface area contributed by atoms with Gasteiger partial charge in [0, 0.05) is 38.6 Å². The number of nitrogens with zero attached hydrogens (tertiary/aromatic N) is 4. The van der Waals surface area contributed by atoms with Gasteiger partial charge in [0.2, 0.25) is 0 Å². The van der Waals surface area contributed by atoms with Gasteiger partial charge in [0.15, 0.2) is 0 Å². The first-order valence-corrected chi connectivity index (χ1v) is 9.56. The number of carbonyl (C=O) groups excluding carboxylic acids is 1. The van der Waals surface area contributed by atoms with Crippen LogP contribution in [0.5, 0.6) is 0 Å². The van der Waals surface area contributed by atoms with Crippen LogP contribution in [-0.4, -0.2) is 32.2 Å². The molecule has 6 heteroatoms. The summed E-state index contributed by atoms with van der Waals surface area (Å²) in [7, 11) is 3.71. The fourth-order valence-corrected chi connectivity index (χ4v) is 3.81. The zero-order valence-electron chi connectivity index (χ0n) is 15.2. The molecule has 0 aliphatic rings. The highest BCUT2D eigenvalue weighted by Crippen LogP contribution is 2.28. The maximum absolute atomic E-state index is 12.8. The van der Waals surface area contributed by atoms with Crippen molar-refractivity contribution < 1.29 is 4.79 Å². The van der Waals surface area contributed by atoms with Gasteiger partial charge in [-0.25, -0.2) is 4.68 Å². The zero-order chi connectivity index (χ0) is 18.8. The molecule has 0 radical (unpaired) electrons. The molecule has 4 aromatic rings. The fraction of sp³-hybridized carbons (Fsp3) is 0.143. The molecular weight excluding hydrogens is 356 g/mol. The van der Waals surface area contributed by atoms with E-state index in [1.165, 1.54) is 0 Å². The van der Waals surface area contributed by atoms with Crippen molar-refractivity contribution in [1.29, 1.82) is 0 Å². The number of benzene rings is 1. The number of amides is 1. The Bertz CT molecular complexity index is 1050. The summed E-state index contributed by atoms with van der Waals surface area (Å²) in [5.41, 5.74) is 3.61. The molecule has 0 aliphatic carbocycles. The summed E-state index contributed by atoms with van der Waals surface area (Å²) in [6.45, 7) is 0.490. The van der Waals surface area contributed by atoms with E-state index >= 15 is 0 Å². The van der Waals surface area contributed by atoms with Crippen molar-refractivity contribution in [2.45, 2.75) is 6.54 Å². The topological polar surface area (TPSA) is 43.1 Å². The number of rotatable bonds is 5. The van der Waals surface area contributed by atoms with Crippen molar-refractivity contribution in [2.24, 2.45) is 7.05 Å². The van der Waals surface area contributed by atoms with Crippen LogP contribution in [0.25, 0.3) is 16.3 Å². The zero-order valence-corrected chi connectivity index (χ0v) is 16.1. The first kappa shape index (κ1) is 17.3. The lowest BCUT2D eigenvalue weighted by atomic mass is 10.2. The average molecular weight is 376 g/mol. The third-order valence-corrected chi connectivity index (χ3v) is 5.36. The molecule has 0 atom stereocenters. The second-order valence-corrected chi connectivity index (χ2v) is 7.37. The van der Waals surface area contributed by atoms with Crippen LogP contribution in [-0.2, 0) is 13.6 Å². The summed E-state index contributed by atoms with van der Waals surface area (Å²) in [5.74, 6) is -0.00732. The van der Waals surface area contributed by atoms with Gasteiger partial charge < -0.3 is 9.47 Å². The van der Waals surface area contributed by atoms with Gasteiger partial charge in [0.05, 0.1) is 10.6 Å². The molecule has 3 aromatic heterocycles. The Kier molecular flexibility index (Phi) is 4.64. The van der Waals surface area contributed by atoms with Crippen molar-refractivity contribution in [3.8, 4) is 16.3 Å². The highest BCUT2D eigenvalue weighted by Gasteiger charge is 2.19. The van der Waals surface area contributed by atoms with E-state index in [9.17, 15) is 4.79 Å². The molecule has 0 bridgehead atoms. The summed E-state index contributed by atoms with van der Waals surface area (Å²) in [6.07, 6.45) is 3.89. The average Bonchev–Trinajstić information content (AvgIpc) is 3.42. The van der Waals surface area contributed by atoms with Crippen LogP contribution >= 0.6 is 11.3 Å². The van der Waals surface area contributed by atoms with Crippen LogP contribution < -0.4 is 0 Å². The lowest BCUT2D eigenvalue weighted by molar-refractivity contribution is 0.0776. The SMILES string of the molecule is CN(Cc1cn(-c2ccccc2)nc1-c1cccs1)C(=O)c1cccn1C. The second kappa shape index (κ2) is 7.25. The van der Waals surface area contributed by atoms with Crippen LogP contribution in [0.3, 0.4) is 0 Å². The number of hydrogen-bond donors (Lipinski definition) is 0. The normalized spacial score (nSPS) is 10.9. The lowest BCUT2D eigenvalue weighted by Gasteiger charge is -2.17. The van der Waals surface area contributed by atoms with Gasteiger partial charge in [-0.1, -0.05) is 24.3 Å². The number of thiophene rings is 1. The third kappa shape index (κ3) is 3.44. The minimum Gasteiger partial charge on any atom is -0.347 e. The first-order chi connectivity index (χ1) is 13.1. The van der Waals surface area contributed by atoms with Crippen molar-refractivity contribution >= 4 is 17.2 Å². The van der Waals surface area contributed by atoms with E-state index < -0.39 is 0 Å².